The fourth-order valence-electron chi connectivity index (χ4n) is 2.57. The summed E-state index contributed by atoms with van der Waals surface area (Å²) in [5.41, 5.74) is 0. The number of nitrogens with zero attached hydrogens (tertiary/aromatic N) is 1. The third-order valence-corrected chi connectivity index (χ3v) is 3.50. The number of hydrogen-bond donors (Lipinski definition) is 1. The smallest absolute Gasteiger partial charge is 0.269 e. The van der Waals surface area contributed by atoms with Gasteiger partial charge < -0.3 is 0 Å². The third-order valence-electron chi connectivity index (χ3n) is 3.50. The van der Waals surface area contributed by atoms with Gasteiger partial charge in [0.15, 0.2) is 0 Å². The lowest BCUT2D eigenvalue weighted by Crippen LogP contribution is -2.44. The molecule has 0 aromatic rings. The van der Waals surface area contributed by atoms with E-state index >= 15 is 0 Å². The molecule has 88 valence electrons. The number of nitrogens with one attached hydrogen (secondary N) is 1. The lowest BCUT2D eigenvalue weighted by Gasteiger charge is -2.28. The Morgan fingerprint density at radius 2 is 1.81 bits per heavy atom. The van der Waals surface area contributed by atoms with Crippen LogP contribution in [0.15, 0.2) is 0 Å². The van der Waals surface area contributed by atoms with Crippen LogP contribution in [0, 0.1) is 5.92 Å². The Labute approximate surface area is 94.2 Å². The maximum absolute atomic E-state index is 11.6. The molecular formula is C11H16N2O3. The van der Waals surface area contributed by atoms with Crippen LogP contribution in [0.25, 0.3) is 0 Å². The van der Waals surface area contributed by atoms with Gasteiger partial charge in [-0.15, -0.1) is 0 Å². The minimum atomic E-state index is -0.790. The Morgan fingerprint density at radius 3 is 2.44 bits per heavy atom. The van der Waals surface area contributed by atoms with Crippen molar-refractivity contribution in [1.29, 1.82) is 0 Å². The van der Waals surface area contributed by atoms with Gasteiger partial charge in [-0.2, -0.15) is 0 Å². The average molecular weight is 224 g/mol. The molecule has 0 radical (unpaired) electrons. The summed E-state index contributed by atoms with van der Waals surface area (Å²) in [6.07, 6.45) is 5.11. The number of amides is 4. The molecule has 2 atom stereocenters. The van der Waals surface area contributed by atoms with Crippen LogP contribution in [-0.4, -0.2) is 28.8 Å². The highest BCUT2D eigenvalue weighted by atomic mass is 16.2. The van der Waals surface area contributed by atoms with Crippen molar-refractivity contribution < 1.29 is 14.4 Å². The molecule has 5 heteroatoms. The molecule has 0 aromatic carbocycles. The molecule has 4 amide bonds. The Hall–Kier alpha value is -1.39. The Balaban J connectivity index is 2.18. The molecule has 0 spiro atoms. The van der Waals surface area contributed by atoms with Crippen molar-refractivity contribution in [2.24, 2.45) is 5.92 Å². The van der Waals surface area contributed by atoms with E-state index in [1.54, 1.807) is 0 Å². The van der Waals surface area contributed by atoms with Crippen molar-refractivity contribution in [2.45, 2.75) is 45.1 Å². The number of carbonyl (C=O) groups is 3. The van der Waals surface area contributed by atoms with Crippen molar-refractivity contribution in [2.75, 3.05) is 0 Å². The highest BCUT2D eigenvalue weighted by Gasteiger charge is 2.43. The first kappa shape index (κ1) is 11.1. The van der Waals surface area contributed by atoms with Crippen molar-refractivity contribution in [3.63, 3.8) is 0 Å². The van der Waals surface area contributed by atoms with Gasteiger partial charge in [0.1, 0.15) is 0 Å². The molecule has 16 heavy (non-hydrogen) atoms. The van der Waals surface area contributed by atoms with E-state index in [1.165, 1.54) is 0 Å². The second-order valence-corrected chi connectivity index (χ2v) is 4.62. The van der Waals surface area contributed by atoms with Crippen LogP contribution in [0.4, 0.5) is 4.79 Å². The first-order valence-corrected chi connectivity index (χ1v) is 5.79. The van der Waals surface area contributed by atoms with Crippen molar-refractivity contribution >= 4 is 17.8 Å². The average Bonchev–Trinajstić information content (AvgIpc) is 2.43. The molecule has 2 fully saturated rings. The molecule has 1 N–H and O–H groups in total. The van der Waals surface area contributed by atoms with Crippen molar-refractivity contribution in [3.05, 3.63) is 0 Å². The molecule has 1 aliphatic carbocycles. The molecule has 1 heterocycles. The quantitative estimate of drug-likeness (QED) is 0.411. The second-order valence-electron chi connectivity index (χ2n) is 4.62. The number of imide groups is 2. The molecule has 1 saturated heterocycles. The van der Waals surface area contributed by atoms with E-state index in [0.717, 1.165) is 37.0 Å². The van der Waals surface area contributed by atoms with Gasteiger partial charge in [0.2, 0.25) is 0 Å². The standard InChI is InChI=1S/C11H16N2O3/c1-7-5-3-2-4-6-8(7)13-10(15)9(14)12-11(13)16/h7-8H,2-6H2,1H3,(H,12,14,16). The number of carbonyl (C=O) groups excluding carboxylic acids is 3. The van der Waals surface area contributed by atoms with Crippen LogP contribution in [0.1, 0.15) is 39.0 Å². The molecule has 2 aliphatic rings. The summed E-state index contributed by atoms with van der Waals surface area (Å²) in [6, 6.07) is -0.657. The predicted molar refractivity (Wildman–Crippen MR) is 56.4 cm³/mol. The molecule has 2 unspecified atom stereocenters. The van der Waals surface area contributed by atoms with E-state index in [1.807, 2.05) is 6.92 Å². The first-order valence-electron chi connectivity index (χ1n) is 5.79. The molecule has 0 aromatic heterocycles. The molecule has 0 bridgehead atoms. The van der Waals surface area contributed by atoms with E-state index in [0.29, 0.717) is 0 Å². The zero-order valence-electron chi connectivity index (χ0n) is 9.36. The van der Waals surface area contributed by atoms with E-state index < -0.39 is 17.8 Å². The summed E-state index contributed by atoms with van der Waals surface area (Å²) in [4.78, 5) is 35.3. The van der Waals surface area contributed by atoms with Gasteiger partial charge in [0.05, 0.1) is 0 Å². The lowest BCUT2D eigenvalue weighted by molar-refractivity contribution is -0.141. The number of urea groups is 1. The van der Waals surface area contributed by atoms with Crippen molar-refractivity contribution in [3.8, 4) is 0 Å². The molecule has 5 nitrogen and oxygen atoms in total. The maximum atomic E-state index is 11.6. The minimum Gasteiger partial charge on any atom is -0.269 e. The molecular weight excluding hydrogens is 208 g/mol. The van der Waals surface area contributed by atoms with E-state index in [4.69, 9.17) is 0 Å². The Kier molecular flexibility index (Phi) is 2.94. The van der Waals surface area contributed by atoms with Crippen LogP contribution in [0.5, 0.6) is 0 Å². The lowest BCUT2D eigenvalue weighted by atomic mass is 9.95. The highest BCUT2D eigenvalue weighted by molar-refractivity contribution is 6.44. The first-order chi connectivity index (χ1) is 7.61. The molecule has 1 aliphatic heterocycles. The third kappa shape index (κ3) is 1.81. The topological polar surface area (TPSA) is 66.5 Å². The van der Waals surface area contributed by atoms with Crippen LogP contribution in [0.2, 0.25) is 0 Å². The van der Waals surface area contributed by atoms with Crippen LogP contribution >= 0.6 is 0 Å². The minimum absolute atomic E-state index is 0.110. The maximum Gasteiger partial charge on any atom is 0.331 e. The van der Waals surface area contributed by atoms with Crippen LogP contribution in [-0.2, 0) is 9.59 Å². The molecule has 2 rings (SSSR count). The monoisotopic (exact) mass is 224 g/mol. The van der Waals surface area contributed by atoms with E-state index in [-0.39, 0.29) is 12.0 Å². The van der Waals surface area contributed by atoms with Gasteiger partial charge >= 0.3 is 17.8 Å². The predicted octanol–water partition coefficient (Wildman–Crippen LogP) is 1.03. The second kappa shape index (κ2) is 4.23. The Bertz CT molecular complexity index is 340. The Morgan fingerprint density at radius 1 is 1.12 bits per heavy atom. The van der Waals surface area contributed by atoms with Crippen molar-refractivity contribution in [1.82, 2.24) is 10.2 Å². The van der Waals surface area contributed by atoms with Gasteiger partial charge in [0.25, 0.3) is 0 Å². The van der Waals surface area contributed by atoms with Gasteiger partial charge in [-0.05, 0) is 18.8 Å². The fourth-order valence-corrected chi connectivity index (χ4v) is 2.57. The van der Waals surface area contributed by atoms with Crippen LogP contribution in [0.3, 0.4) is 0 Å². The summed E-state index contributed by atoms with van der Waals surface area (Å²) in [6.45, 7) is 2.04. The van der Waals surface area contributed by atoms with Gasteiger partial charge in [-0.1, -0.05) is 26.2 Å². The highest BCUT2D eigenvalue weighted by Crippen LogP contribution is 2.28. The normalized spacial score (nSPS) is 31.6. The summed E-state index contributed by atoms with van der Waals surface area (Å²) in [5.74, 6) is -1.20. The zero-order chi connectivity index (χ0) is 11.7. The fraction of sp³-hybridized carbons (Fsp3) is 0.727. The van der Waals surface area contributed by atoms with E-state index in [9.17, 15) is 14.4 Å². The number of rotatable bonds is 1. The largest absolute Gasteiger partial charge is 0.331 e. The van der Waals surface area contributed by atoms with Crippen LogP contribution < -0.4 is 5.32 Å². The SMILES string of the molecule is CC1CCCCCC1N1C(=O)NC(=O)C1=O. The van der Waals surface area contributed by atoms with Gasteiger partial charge in [-0.3, -0.25) is 19.8 Å². The number of hydrogen-bond acceptors (Lipinski definition) is 3. The summed E-state index contributed by atoms with van der Waals surface area (Å²) in [5, 5.41) is 2.05. The summed E-state index contributed by atoms with van der Waals surface area (Å²) >= 11 is 0. The molecule has 1 saturated carbocycles. The van der Waals surface area contributed by atoms with Gasteiger partial charge in [-0.25, -0.2) is 4.79 Å². The van der Waals surface area contributed by atoms with Gasteiger partial charge in [0, 0.05) is 6.04 Å². The zero-order valence-corrected chi connectivity index (χ0v) is 9.36. The summed E-state index contributed by atoms with van der Waals surface area (Å²) < 4.78 is 0. The summed E-state index contributed by atoms with van der Waals surface area (Å²) in [7, 11) is 0. The van der Waals surface area contributed by atoms with E-state index in [2.05, 4.69) is 5.32 Å².